The molecule has 2 unspecified atom stereocenters. The maximum Gasteiger partial charge on any atom is 0.0246 e. The summed E-state index contributed by atoms with van der Waals surface area (Å²) in [7, 11) is 2.22. The SMILES string of the molecule is CCCC(N)C(CC)N(C)C(C)(C)CC. The summed E-state index contributed by atoms with van der Waals surface area (Å²) < 4.78 is 0. The van der Waals surface area contributed by atoms with E-state index < -0.39 is 0 Å². The predicted octanol–water partition coefficient (Wildman–Crippen LogP) is 3.01. The topological polar surface area (TPSA) is 29.3 Å². The van der Waals surface area contributed by atoms with E-state index in [2.05, 4.69) is 46.6 Å². The van der Waals surface area contributed by atoms with Crippen LogP contribution in [0.15, 0.2) is 0 Å². The van der Waals surface area contributed by atoms with Gasteiger partial charge in [-0.25, -0.2) is 0 Å². The van der Waals surface area contributed by atoms with Gasteiger partial charge in [-0.15, -0.1) is 0 Å². The van der Waals surface area contributed by atoms with Gasteiger partial charge in [0.25, 0.3) is 0 Å². The molecule has 0 saturated heterocycles. The largest absolute Gasteiger partial charge is 0.326 e. The number of hydrogen-bond acceptors (Lipinski definition) is 2. The molecule has 0 saturated carbocycles. The van der Waals surface area contributed by atoms with Crippen LogP contribution >= 0.6 is 0 Å². The molecule has 0 heterocycles. The van der Waals surface area contributed by atoms with Crippen molar-refractivity contribution in [3.05, 3.63) is 0 Å². The van der Waals surface area contributed by atoms with Crippen molar-refractivity contribution < 1.29 is 0 Å². The Hall–Kier alpha value is -0.0800. The summed E-state index contributed by atoms with van der Waals surface area (Å²) >= 11 is 0. The van der Waals surface area contributed by atoms with Gasteiger partial charge in [0.1, 0.15) is 0 Å². The molecule has 0 aliphatic rings. The molecule has 0 bridgehead atoms. The summed E-state index contributed by atoms with van der Waals surface area (Å²) in [6, 6.07) is 0.829. The maximum absolute atomic E-state index is 6.25. The summed E-state index contributed by atoms with van der Waals surface area (Å²) in [6.07, 6.45) is 4.61. The molecule has 92 valence electrons. The van der Waals surface area contributed by atoms with Crippen molar-refractivity contribution in [3.8, 4) is 0 Å². The van der Waals surface area contributed by atoms with E-state index in [0.717, 1.165) is 12.8 Å². The lowest BCUT2D eigenvalue weighted by Crippen LogP contribution is -2.54. The third-order valence-electron chi connectivity index (χ3n) is 3.85. The zero-order valence-corrected chi connectivity index (χ0v) is 11.5. The molecule has 0 aliphatic heterocycles. The number of nitrogens with two attached hydrogens (primary N) is 1. The molecule has 2 heteroatoms. The highest BCUT2D eigenvalue weighted by molar-refractivity contribution is 4.87. The first-order valence-electron chi connectivity index (χ1n) is 6.39. The summed E-state index contributed by atoms with van der Waals surface area (Å²) in [5.74, 6) is 0. The quantitative estimate of drug-likeness (QED) is 0.706. The van der Waals surface area contributed by atoms with Crippen molar-refractivity contribution >= 4 is 0 Å². The molecule has 0 amide bonds. The lowest BCUT2D eigenvalue weighted by Gasteiger charge is -2.43. The lowest BCUT2D eigenvalue weighted by molar-refractivity contribution is 0.0775. The highest BCUT2D eigenvalue weighted by atomic mass is 15.2. The third-order valence-corrected chi connectivity index (χ3v) is 3.85. The zero-order valence-electron chi connectivity index (χ0n) is 11.5. The summed E-state index contributed by atoms with van der Waals surface area (Å²) in [5.41, 5.74) is 6.51. The van der Waals surface area contributed by atoms with Crippen LogP contribution < -0.4 is 5.73 Å². The van der Waals surface area contributed by atoms with E-state index in [4.69, 9.17) is 5.73 Å². The van der Waals surface area contributed by atoms with Crippen molar-refractivity contribution in [2.45, 2.75) is 77.9 Å². The number of nitrogens with zero attached hydrogens (tertiary/aromatic N) is 1. The second-order valence-electron chi connectivity index (χ2n) is 5.21. The lowest BCUT2D eigenvalue weighted by atomic mass is 9.92. The molecule has 0 aromatic heterocycles. The van der Waals surface area contributed by atoms with Crippen LogP contribution in [0.4, 0.5) is 0 Å². The van der Waals surface area contributed by atoms with Gasteiger partial charge in [0.05, 0.1) is 0 Å². The van der Waals surface area contributed by atoms with Gasteiger partial charge in [0, 0.05) is 17.6 Å². The molecule has 0 aromatic carbocycles. The summed E-state index contributed by atoms with van der Waals surface area (Å²) in [6.45, 7) is 11.3. The molecule has 0 aliphatic carbocycles. The second kappa shape index (κ2) is 6.49. The molecular weight excluding hydrogens is 184 g/mol. The van der Waals surface area contributed by atoms with E-state index in [1.807, 2.05) is 0 Å². The van der Waals surface area contributed by atoms with Gasteiger partial charge in [-0.2, -0.15) is 0 Å². The van der Waals surface area contributed by atoms with Crippen LogP contribution in [-0.4, -0.2) is 29.6 Å². The van der Waals surface area contributed by atoms with Crippen LogP contribution in [0, 0.1) is 0 Å². The van der Waals surface area contributed by atoms with Crippen molar-refractivity contribution in [2.75, 3.05) is 7.05 Å². The maximum atomic E-state index is 6.25. The Balaban J connectivity index is 4.52. The van der Waals surface area contributed by atoms with Gasteiger partial charge in [-0.05, 0) is 40.2 Å². The van der Waals surface area contributed by atoms with Gasteiger partial charge in [0.15, 0.2) is 0 Å². The third kappa shape index (κ3) is 4.12. The van der Waals surface area contributed by atoms with Gasteiger partial charge in [0.2, 0.25) is 0 Å². The molecule has 2 N–H and O–H groups in total. The van der Waals surface area contributed by atoms with E-state index in [-0.39, 0.29) is 5.54 Å². The number of hydrogen-bond donors (Lipinski definition) is 1. The van der Waals surface area contributed by atoms with Crippen molar-refractivity contribution in [2.24, 2.45) is 5.73 Å². The number of rotatable bonds is 7. The monoisotopic (exact) mass is 214 g/mol. The first-order valence-corrected chi connectivity index (χ1v) is 6.39. The molecule has 0 spiro atoms. The second-order valence-corrected chi connectivity index (χ2v) is 5.21. The smallest absolute Gasteiger partial charge is 0.0246 e. The highest BCUT2D eigenvalue weighted by Gasteiger charge is 2.29. The minimum Gasteiger partial charge on any atom is -0.326 e. The Morgan fingerprint density at radius 3 is 2.07 bits per heavy atom. The Kier molecular flexibility index (Phi) is 6.46. The first-order chi connectivity index (χ1) is 6.90. The standard InChI is InChI=1S/C13H30N2/c1-7-10-11(14)12(8-2)15(6)13(4,5)9-3/h11-12H,7-10,14H2,1-6H3. The van der Waals surface area contributed by atoms with Crippen molar-refractivity contribution in [1.82, 2.24) is 4.90 Å². The van der Waals surface area contributed by atoms with Gasteiger partial charge >= 0.3 is 0 Å². The fourth-order valence-corrected chi connectivity index (χ4v) is 2.09. The summed E-state index contributed by atoms with van der Waals surface area (Å²) in [5, 5.41) is 0. The fourth-order valence-electron chi connectivity index (χ4n) is 2.09. The van der Waals surface area contributed by atoms with Crippen LogP contribution in [0.2, 0.25) is 0 Å². The summed E-state index contributed by atoms with van der Waals surface area (Å²) in [4.78, 5) is 2.47. The first kappa shape index (κ1) is 14.9. The van der Waals surface area contributed by atoms with Gasteiger partial charge in [-0.1, -0.05) is 27.2 Å². The van der Waals surface area contributed by atoms with E-state index in [1.54, 1.807) is 0 Å². The Morgan fingerprint density at radius 2 is 1.73 bits per heavy atom. The van der Waals surface area contributed by atoms with E-state index in [0.29, 0.717) is 12.1 Å². The molecule has 2 nitrogen and oxygen atoms in total. The molecular formula is C13H30N2. The fraction of sp³-hybridized carbons (Fsp3) is 1.00. The van der Waals surface area contributed by atoms with Crippen LogP contribution in [-0.2, 0) is 0 Å². The highest BCUT2D eigenvalue weighted by Crippen LogP contribution is 2.23. The van der Waals surface area contributed by atoms with E-state index in [1.165, 1.54) is 12.8 Å². The van der Waals surface area contributed by atoms with Crippen LogP contribution in [0.3, 0.4) is 0 Å². The minimum absolute atomic E-state index is 0.256. The Bertz CT molecular complexity index is 166. The average molecular weight is 214 g/mol. The number of likely N-dealkylation sites (N-methyl/N-ethyl adjacent to an activating group) is 1. The van der Waals surface area contributed by atoms with Gasteiger partial charge < -0.3 is 5.73 Å². The van der Waals surface area contributed by atoms with Crippen molar-refractivity contribution in [3.63, 3.8) is 0 Å². The normalized spacial score (nSPS) is 16.8. The molecule has 0 rings (SSSR count). The molecule has 0 aromatic rings. The van der Waals surface area contributed by atoms with Crippen LogP contribution in [0.5, 0.6) is 0 Å². The van der Waals surface area contributed by atoms with Crippen LogP contribution in [0.1, 0.15) is 60.3 Å². The van der Waals surface area contributed by atoms with E-state index in [9.17, 15) is 0 Å². The molecule has 2 atom stereocenters. The zero-order chi connectivity index (χ0) is 12.1. The Labute approximate surface area is 96.2 Å². The average Bonchev–Trinajstić information content (AvgIpc) is 2.19. The Morgan fingerprint density at radius 1 is 1.20 bits per heavy atom. The molecule has 0 radical (unpaired) electrons. The van der Waals surface area contributed by atoms with Crippen LogP contribution in [0.25, 0.3) is 0 Å². The molecule has 15 heavy (non-hydrogen) atoms. The van der Waals surface area contributed by atoms with Gasteiger partial charge in [-0.3, -0.25) is 4.90 Å². The van der Waals surface area contributed by atoms with Crippen molar-refractivity contribution in [1.29, 1.82) is 0 Å². The molecule has 0 fully saturated rings. The predicted molar refractivity (Wildman–Crippen MR) is 69.1 cm³/mol. The van der Waals surface area contributed by atoms with E-state index >= 15 is 0 Å². The minimum atomic E-state index is 0.256.